The Hall–Kier alpha value is -0.860. The third-order valence-corrected chi connectivity index (χ3v) is 5.16. The minimum Gasteiger partial charge on any atom is -0.296 e. The van der Waals surface area contributed by atoms with Gasteiger partial charge >= 0.3 is 0 Å². The predicted molar refractivity (Wildman–Crippen MR) is 64.1 cm³/mol. The number of fused-ring (bicyclic) bond motifs is 1. The molecule has 0 bridgehead atoms. The minimum atomic E-state index is -0.0458. The fourth-order valence-electron chi connectivity index (χ4n) is 4.39. The zero-order valence-corrected chi connectivity index (χ0v) is 10.3. The molecule has 2 saturated carbocycles. The second-order valence-corrected chi connectivity index (χ2v) is 6.37. The summed E-state index contributed by atoms with van der Waals surface area (Å²) in [6.45, 7) is 0. The van der Waals surface area contributed by atoms with Crippen molar-refractivity contribution in [2.24, 2.45) is 17.3 Å². The van der Waals surface area contributed by atoms with Gasteiger partial charge in [-0.25, -0.2) is 0 Å². The Morgan fingerprint density at radius 1 is 0.941 bits per heavy atom. The van der Waals surface area contributed by atoms with Crippen molar-refractivity contribution in [2.45, 2.75) is 57.8 Å². The first-order valence-corrected chi connectivity index (χ1v) is 7.00. The summed E-state index contributed by atoms with van der Waals surface area (Å²) >= 11 is 0. The van der Waals surface area contributed by atoms with Crippen molar-refractivity contribution in [1.82, 2.24) is 5.32 Å². The second kappa shape index (κ2) is 4.11. The topological polar surface area (TPSA) is 46.2 Å². The molecule has 3 nitrogen and oxygen atoms in total. The summed E-state index contributed by atoms with van der Waals surface area (Å²) < 4.78 is 0. The molecule has 1 aliphatic heterocycles. The lowest BCUT2D eigenvalue weighted by atomic mass is 9.58. The number of hydrogen-bond acceptors (Lipinski definition) is 2. The number of amides is 2. The summed E-state index contributed by atoms with van der Waals surface area (Å²) in [7, 11) is 0. The van der Waals surface area contributed by atoms with Gasteiger partial charge in [0.15, 0.2) is 0 Å². The summed E-state index contributed by atoms with van der Waals surface area (Å²) in [6, 6.07) is 0. The SMILES string of the molecule is O=C1CC2(CC[C@@H]3CCCC[C@H]3C2)CC(=O)N1. The van der Waals surface area contributed by atoms with Gasteiger partial charge in [-0.2, -0.15) is 0 Å². The Morgan fingerprint density at radius 3 is 2.29 bits per heavy atom. The second-order valence-electron chi connectivity index (χ2n) is 6.37. The van der Waals surface area contributed by atoms with E-state index in [1.54, 1.807) is 0 Å². The largest absolute Gasteiger partial charge is 0.296 e. The third-order valence-electron chi connectivity index (χ3n) is 5.16. The first-order valence-electron chi connectivity index (χ1n) is 7.00. The standard InChI is InChI=1S/C14H21NO2/c16-12-8-14(9-13(17)15-12)6-5-10-3-1-2-4-11(10)7-14/h10-11H,1-9H2,(H,15,16,17)/t10-,11-/m0/s1. The third kappa shape index (κ3) is 2.12. The average Bonchev–Trinajstić information content (AvgIpc) is 2.27. The van der Waals surface area contributed by atoms with E-state index in [-0.39, 0.29) is 17.2 Å². The number of rotatable bonds is 0. The lowest BCUT2D eigenvalue weighted by Gasteiger charge is -2.47. The normalized spacial score (nSPS) is 36.5. The van der Waals surface area contributed by atoms with Gasteiger partial charge in [-0.15, -0.1) is 0 Å². The Balaban J connectivity index is 1.75. The van der Waals surface area contributed by atoms with Crippen LogP contribution in [0.3, 0.4) is 0 Å². The van der Waals surface area contributed by atoms with Crippen LogP contribution in [0.2, 0.25) is 0 Å². The van der Waals surface area contributed by atoms with Crippen molar-refractivity contribution in [3.63, 3.8) is 0 Å². The molecular formula is C14H21NO2. The van der Waals surface area contributed by atoms with E-state index in [1.807, 2.05) is 0 Å². The van der Waals surface area contributed by atoms with Gasteiger partial charge in [0, 0.05) is 12.8 Å². The molecule has 0 radical (unpaired) electrons. The summed E-state index contributed by atoms with van der Waals surface area (Å²) in [5, 5.41) is 2.45. The van der Waals surface area contributed by atoms with Crippen molar-refractivity contribution < 1.29 is 9.59 Å². The van der Waals surface area contributed by atoms with Gasteiger partial charge in [-0.1, -0.05) is 25.7 Å². The first-order chi connectivity index (χ1) is 8.17. The van der Waals surface area contributed by atoms with E-state index in [0.29, 0.717) is 12.8 Å². The van der Waals surface area contributed by atoms with E-state index in [9.17, 15) is 9.59 Å². The quantitative estimate of drug-likeness (QED) is 0.655. The summed E-state index contributed by atoms with van der Waals surface area (Å²) in [6.07, 6.45) is 10.0. The van der Waals surface area contributed by atoms with Gasteiger partial charge in [0.2, 0.25) is 11.8 Å². The van der Waals surface area contributed by atoms with Crippen LogP contribution in [-0.2, 0) is 9.59 Å². The van der Waals surface area contributed by atoms with Crippen molar-refractivity contribution in [3.8, 4) is 0 Å². The van der Waals surface area contributed by atoms with E-state index >= 15 is 0 Å². The molecule has 2 atom stereocenters. The highest BCUT2D eigenvalue weighted by molar-refractivity contribution is 5.98. The van der Waals surface area contributed by atoms with Gasteiger partial charge in [-0.3, -0.25) is 14.9 Å². The Morgan fingerprint density at radius 2 is 1.59 bits per heavy atom. The molecule has 94 valence electrons. The first kappa shape index (κ1) is 11.2. The Bertz CT molecular complexity index is 334. The van der Waals surface area contributed by atoms with Crippen LogP contribution in [0.25, 0.3) is 0 Å². The van der Waals surface area contributed by atoms with E-state index in [1.165, 1.54) is 32.1 Å². The van der Waals surface area contributed by atoms with Gasteiger partial charge < -0.3 is 0 Å². The van der Waals surface area contributed by atoms with E-state index in [0.717, 1.165) is 24.7 Å². The molecule has 3 fully saturated rings. The van der Waals surface area contributed by atoms with Crippen LogP contribution in [0.1, 0.15) is 57.8 Å². The molecule has 17 heavy (non-hydrogen) atoms. The van der Waals surface area contributed by atoms with Crippen LogP contribution in [0.5, 0.6) is 0 Å². The zero-order valence-electron chi connectivity index (χ0n) is 10.3. The molecule has 2 amide bonds. The maximum Gasteiger partial charge on any atom is 0.227 e. The fourth-order valence-corrected chi connectivity index (χ4v) is 4.39. The van der Waals surface area contributed by atoms with Crippen LogP contribution in [-0.4, -0.2) is 11.8 Å². The molecule has 3 heteroatoms. The molecule has 0 aromatic rings. The van der Waals surface area contributed by atoms with Crippen molar-refractivity contribution in [3.05, 3.63) is 0 Å². The highest BCUT2D eigenvalue weighted by Gasteiger charge is 2.46. The molecule has 0 aromatic carbocycles. The maximum atomic E-state index is 11.6. The van der Waals surface area contributed by atoms with Crippen LogP contribution in [0.4, 0.5) is 0 Å². The number of piperidine rings is 1. The van der Waals surface area contributed by atoms with Gasteiger partial charge in [-0.05, 0) is 36.5 Å². The number of nitrogens with one attached hydrogen (secondary N) is 1. The van der Waals surface area contributed by atoms with Crippen LogP contribution in [0, 0.1) is 17.3 Å². The van der Waals surface area contributed by atoms with Crippen LogP contribution < -0.4 is 5.32 Å². The monoisotopic (exact) mass is 235 g/mol. The molecule has 0 unspecified atom stereocenters. The van der Waals surface area contributed by atoms with Crippen LogP contribution in [0.15, 0.2) is 0 Å². The highest BCUT2D eigenvalue weighted by atomic mass is 16.2. The zero-order chi connectivity index (χ0) is 11.9. The highest BCUT2D eigenvalue weighted by Crippen LogP contribution is 2.52. The fraction of sp³-hybridized carbons (Fsp3) is 0.857. The lowest BCUT2D eigenvalue weighted by Crippen LogP contribution is -2.48. The number of carbonyl (C=O) groups excluding carboxylic acids is 2. The lowest BCUT2D eigenvalue weighted by molar-refractivity contribution is -0.140. The summed E-state index contributed by atoms with van der Waals surface area (Å²) in [4.78, 5) is 23.2. The van der Waals surface area contributed by atoms with Crippen molar-refractivity contribution >= 4 is 11.8 Å². The Labute approximate surface area is 102 Å². The summed E-state index contributed by atoms with van der Waals surface area (Å²) in [5.41, 5.74) is 0.0257. The van der Waals surface area contributed by atoms with Crippen LogP contribution >= 0.6 is 0 Å². The average molecular weight is 235 g/mol. The maximum absolute atomic E-state index is 11.6. The molecule has 1 spiro atoms. The van der Waals surface area contributed by atoms with Crippen molar-refractivity contribution in [1.29, 1.82) is 0 Å². The van der Waals surface area contributed by atoms with Gasteiger partial charge in [0.05, 0.1) is 0 Å². The molecule has 2 aliphatic carbocycles. The molecule has 1 N–H and O–H groups in total. The molecule has 1 heterocycles. The number of imide groups is 1. The predicted octanol–water partition coefficient (Wildman–Crippen LogP) is 2.40. The van der Waals surface area contributed by atoms with E-state index in [4.69, 9.17) is 0 Å². The van der Waals surface area contributed by atoms with Crippen molar-refractivity contribution in [2.75, 3.05) is 0 Å². The van der Waals surface area contributed by atoms with Gasteiger partial charge in [0.25, 0.3) is 0 Å². The molecular weight excluding hydrogens is 214 g/mol. The summed E-state index contributed by atoms with van der Waals surface area (Å²) in [5.74, 6) is 1.58. The molecule has 3 aliphatic rings. The molecule has 1 saturated heterocycles. The Kier molecular flexibility index (Phi) is 2.72. The smallest absolute Gasteiger partial charge is 0.227 e. The number of hydrogen-bond donors (Lipinski definition) is 1. The molecule has 3 rings (SSSR count). The van der Waals surface area contributed by atoms with Gasteiger partial charge in [0.1, 0.15) is 0 Å². The number of carbonyl (C=O) groups is 2. The van der Waals surface area contributed by atoms with E-state index in [2.05, 4.69) is 5.32 Å². The molecule has 0 aromatic heterocycles. The van der Waals surface area contributed by atoms with E-state index < -0.39 is 0 Å². The minimum absolute atomic E-state index is 0.0257.